The molecule has 0 saturated heterocycles. The molecule has 0 saturated carbocycles. The molecule has 1 N–H and O–H groups in total. The predicted molar refractivity (Wildman–Crippen MR) is 44.3 cm³/mol. The molecule has 5 nitrogen and oxygen atoms in total. The van der Waals surface area contributed by atoms with Crippen molar-refractivity contribution >= 4 is 16.0 Å². The molecule has 12 heavy (non-hydrogen) atoms. The van der Waals surface area contributed by atoms with Gasteiger partial charge < -0.3 is 5.11 Å². The van der Waals surface area contributed by atoms with E-state index in [1.165, 1.54) is 6.92 Å². The molecule has 0 fully saturated rings. The average Bonchev–Trinajstić information content (AvgIpc) is 1.99. The Balaban J connectivity index is 4.46. The van der Waals surface area contributed by atoms with Crippen molar-refractivity contribution in [3.63, 3.8) is 0 Å². The fourth-order valence-corrected chi connectivity index (χ4v) is 1.81. The predicted octanol–water partition coefficient (Wildman–Crippen LogP) is -0.257. The van der Waals surface area contributed by atoms with Gasteiger partial charge in [-0.05, 0) is 6.92 Å². The standard InChI is InChI=1S/C6H13NO4S/c1-3-7(5-6(8)9)12(10,11)4-2/h3-5H2,1-2H3,(H,8,9). The first-order chi connectivity index (χ1) is 5.44. The van der Waals surface area contributed by atoms with E-state index in [2.05, 4.69) is 0 Å². The zero-order valence-corrected chi connectivity index (χ0v) is 7.97. The van der Waals surface area contributed by atoms with Crippen LogP contribution in [-0.4, -0.2) is 42.6 Å². The number of likely N-dealkylation sites (N-methyl/N-ethyl adjacent to an activating group) is 1. The zero-order chi connectivity index (χ0) is 9.78. The summed E-state index contributed by atoms with van der Waals surface area (Å²) in [5.74, 6) is -1.19. The SMILES string of the molecule is CCN(CC(=O)O)S(=O)(=O)CC. The number of carboxylic acid groups (broad SMARTS) is 1. The number of hydrogen-bond acceptors (Lipinski definition) is 3. The van der Waals surface area contributed by atoms with Gasteiger partial charge in [-0.2, -0.15) is 4.31 Å². The van der Waals surface area contributed by atoms with Crippen LogP contribution in [0.5, 0.6) is 0 Å². The lowest BCUT2D eigenvalue weighted by Crippen LogP contribution is -2.36. The van der Waals surface area contributed by atoms with Crippen molar-refractivity contribution in [3.8, 4) is 0 Å². The molecular formula is C6H13NO4S. The van der Waals surface area contributed by atoms with Gasteiger partial charge in [0.1, 0.15) is 6.54 Å². The number of rotatable bonds is 5. The molecule has 0 aromatic rings. The van der Waals surface area contributed by atoms with Gasteiger partial charge in [0, 0.05) is 6.54 Å². The van der Waals surface area contributed by atoms with Gasteiger partial charge in [-0.15, -0.1) is 0 Å². The molecule has 0 aliphatic heterocycles. The summed E-state index contributed by atoms with van der Waals surface area (Å²) in [4.78, 5) is 10.2. The van der Waals surface area contributed by atoms with E-state index in [0.717, 1.165) is 4.31 Å². The summed E-state index contributed by atoms with van der Waals surface area (Å²) in [6.45, 7) is 2.84. The van der Waals surface area contributed by atoms with Gasteiger partial charge >= 0.3 is 5.97 Å². The maximum Gasteiger partial charge on any atom is 0.318 e. The molecule has 72 valence electrons. The van der Waals surface area contributed by atoms with Gasteiger partial charge in [0.05, 0.1) is 5.75 Å². The minimum atomic E-state index is -3.35. The molecule has 0 aromatic heterocycles. The smallest absolute Gasteiger partial charge is 0.318 e. The van der Waals surface area contributed by atoms with E-state index in [1.807, 2.05) is 0 Å². The Kier molecular flexibility index (Phi) is 4.19. The first-order valence-corrected chi connectivity index (χ1v) is 5.24. The van der Waals surface area contributed by atoms with Gasteiger partial charge in [0.2, 0.25) is 10.0 Å². The highest BCUT2D eigenvalue weighted by atomic mass is 32.2. The molecule has 0 spiro atoms. The lowest BCUT2D eigenvalue weighted by Gasteiger charge is -2.16. The first kappa shape index (κ1) is 11.4. The van der Waals surface area contributed by atoms with Crippen LogP contribution >= 0.6 is 0 Å². The Morgan fingerprint density at radius 3 is 2.17 bits per heavy atom. The number of sulfonamides is 1. The maximum absolute atomic E-state index is 11.1. The Hall–Kier alpha value is -0.620. The summed E-state index contributed by atoms with van der Waals surface area (Å²) in [6, 6.07) is 0. The van der Waals surface area contributed by atoms with Gasteiger partial charge in [-0.3, -0.25) is 4.79 Å². The van der Waals surface area contributed by atoms with Crippen LogP contribution in [0.3, 0.4) is 0 Å². The molecule has 0 unspecified atom stereocenters. The van der Waals surface area contributed by atoms with Crippen molar-refractivity contribution in [1.29, 1.82) is 0 Å². The number of hydrogen-bond donors (Lipinski definition) is 1. The second-order valence-electron chi connectivity index (χ2n) is 2.22. The van der Waals surface area contributed by atoms with Crippen molar-refractivity contribution in [2.75, 3.05) is 18.8 Å². The van der Waals surface area contributed by atoms with E-state index < -0.39 is 22.5 Å². The van der Waals surface area contributed by atoms with Crippen LogP contribution in [-0.2, 0) is 14.8 Å². The van der Waals surface area contributed by atoms with Crippen LogP contribution in [0.1, 0.15) is 13.8 Å². The van der Waals surface area contributed by atoms with Crippen molar-refractivity contribution < 1.29 is 18.3 Å². The molecular weight excluding hydrogens is 182 g/mol. The molecule has 0 heterocycles. The van der Waals surface area contributed by atoms with Crippen molar-refractivity contribution in [1.82, 2.24) is 4.31 Å². The number of carbonyl (C=O) groups is 1. The Labute approximate surface area is 72.0 Å². The van der Waals surface area contributed by atoms with Crippen LogP contribution in [0.4, 0.5) is 0 Å². The maximum atomic E-state index is 11.1. The highest BCUT2D eigenvalue weighted by Gasteiger charge is 2.20. The van der Waals surface area contributed by atoms with Crippen LogP contribution in [0.2, 0.25) is 0 Å². The lowest BCUT2D eigenvalue weighted by molar-refractivity contribution is -0.137. The number of nitrogens with zero attached hydrogens (tertiary/aromatic N) is 1. The molecule has 0 bridgehead atoms. The third-order valence-corrected chi connectivity index (χ3v) is 3.33. The molecule has 0 atom stereocenters. The highest BCUT2D eigenvalue weighted by Crippen LogP contribution is 1.99. The summed E-state index contributed by atoms with van der Waals surface area (Å²) in [5, 5.41) is 8.37. The lowest BCUT2D eigenvalue weighted by atomic mass is 10.6. The molecule has 0 aliphatic rings. The monoisotopic (exact) mass is 195 g/mol. The molecule has 0 amide bonds. The number of aliphatic carboxylic acids is 1. The van der Waals surface area contributed by atoms with E-state index in [9.17, 15) is 13.2 Å². The van der Waals surface area contributed by atoms with Gasteiger partial charge in [0.25, 0.3) is 0 Å². The van der Waals surface area contributed by atoms with E-state index >= 15 is 0 Å². The molecule has 0 radical (unpaired) electrons. The zero-order valence-electron chi connectivity index (χ0n) is 7.15. The Bertz CT molecular complexity index is 246. The second kappa shape index (κ2) is 4.42. The van der Waals surface area contributed by atoms with E-state index in [4.69, 9.17) is 5.11 Å². The third-order valence-electron chi connectivity index (χ3n) is 1.42. The minimum Gasteiger partial charge on any atom is -0.480 e. The molecule has 0 rings (SSSR count). The Morgan fingerprint density at radius 1 is 1.42 bits per heavy atom. The Morgan fingerprint density at radius 2 is 1.92 bits per heavy atom. The van der Waals surface area contributed by atoms with Gasteiger partial charge in [-0.25, -0.2) is 8.42 Å². The molecule has 0 aliphatic carbocycles. The van der Waals surface area contributed by atoms with Crippen LogP contribution in [0, 0.1) is 0 Å². The fraction of sp³-hybridized carbons (Fsp3) is 0.833. The molecule has 0 aromatic carbocycles. The molecule has 6 heteroatoms. The van der Waals surface area contributed by atoms with Crippen LogP contribution in [0.25, 0.3) is 0 Å². The summed E-state index contributed by atoms with van der Waals surface area (Å²) >= 11 is 0. The third kappa shape index (κ3) is 3.19. The largest absolute Gasteiger partial charge is 0.480 e. The topological polar surface area (TPSA) is 74.7 Å². The quantitative estimate of drug-likeness (QED) is 0.656. The summed E-state index contributed by atoms with van der Waals surface area (Å²) < 4.78 is 23.2. The van der Waals surface area contributed by atoms with Crippen LogP contribution < -0.4 is 0 Å². The average molecular weight is 195 g/mol. The van der Waals surface area contributed by atoms with Crippen molar-refractivity contribution in [3.05, 3.63) is 0 Å². The second-order valence-corrected chi connectivity index (χ2v) is 4.48. The van der Waals surface area contributed by atoms with Gasteiger partial charge in [0.15, 0.2) is 0 Å². The summed E-state index contributed by atoms with van der Waals surface area (Å²) in [7, 11) is -3.35. The highest BCUT2D eigenvalue weighted by molar-refractivity contribution is 7.89. The van der Waals surface area contributed by atoms with Crippen molar-refractivity contribution in [2.24, 2.45) is 0 Å². The minimum absolute atomic E-state index is 0.0614. The normalized spacial score (nSPS) is 11.9. The van der Waals surface area contributed by atoms with Crippen LogP contribution in [0.15, 0.2) is 0 Å². The van der Waals surface area contributed by atoms with E-state index in [1.54, 1.807) is 6.92 Å². The fourth-order valence-electron chi connectivity index (χ4n) is 0.740. The van der Waals surface area contributed by atoms with E-state index in [-0.39, 0.29) is 12.3 Å². The van der Waals surface area contributed by atoms with Gasteiger partial charge in [-0.1, -0.05) is 6.92 Å². The van der Waals surface area contributed by atoms with E-state index in [0.29, 0.717) is 0 Å². The number of carboxylic acids is 1. The summed E-state index contributed by atoms with van der Waals surface area (Å²) in [6.07, 6.45) is 0. The van der Waals surface area contributed by atoms with Crippen molar-refractivity contribution in [2.45, 2.75) is 13.8 Å². The first-order valence-electron chi connectivity index (χ1n) is 3.63. The summed E-state index contributed by atoms with van der Waals surface area (Å²) in [5.41, 5.74) is 0.